The van der Waals surface area contributed by atoms with E-state index in [0.29, 0.717) is 0 Å². The van der Waals surface area contributed by atoms with Crippen molar-refractivity contribution in [3.8, 4) is 0 Å². The summed E-state index contributed by atoms with van der Waals surface area (Å²) < 4.78 is 4.20. The summed E-state index contributed by atoms with van der Waals surface area (Å²) in [7, 11) is 1.97. The van der Waals surface area contributed by atoms with Gasteiger partial charge in [0.25, 0.3) is 0 Å². The van der Waals surface area contributed by atoms with Crippen molar-refractivity contribution in [3.05, 3.63) is 42.0 Å². The highest BCUT2D eigenvalue weighted by Crippen LogP contribution is 2.04. The Morgan fingerprint density at radius 2 is 2.06 bits per heavy atom. The Balaban J connectivity index is 1.86. The zero-order valence-electron chi connectivity index (χ0n) is 10.6. The summed E-state index contributed by atoms with van der Waals surface area (Å²) in [5.41, 5.74) is 2.55. The lowest BCUT2D eigenvalue weighted by Crippen LogP contribution is -2.17. The lowest BCUT2D eigenvalue weighted by atomic mass is 10.3. The Morgan fingerprint density at radius 1 is 1.24 bits per heavy atom. The van der Waals surface area contributed by atoms with Gasteiger partial charge in [0, 0.05) is 44.8 Å². The first kappa shape index (κ1) is 11.9. The summed E-state index contributed by atoms with van der Waals surface area (Å²) in [5, 5.41) is 7.60. The van der Waals surface area contributed by atoms with Crippen LogP contribution in [0.4, 0.5) is 0 Å². The number of aryl methyl sites for hydroxylation is 2. The molecule has 2 heterocycles. The van der Waals surface area contributed by atoms with E-state index in [9.17, 15) is 0 Å². The van der Waals surface area contributed by atoms with Crippen LogP contribution < -0.4 is 5.32 Å². The molecule has 2 aromatic rings. The van der Waals surface area contributed by atoms with E-state index >= 15 is 0 Å². The largest absolute Gasteiger partial charge is 0.350 e. The molecule has 0 aromatic carbocycles. The maximum Gasteiger partial charge on any atom is 0.0518 e. The molecule has 0 atom stereocenters. The Labute approximate surface area is 102 Å². The fourth-order valence-electron chi connectivity index (χ4n) is 1.96. The van der Waals surface area contributed by atoms with Crippen LogP contribution in [0.2, 0.25) is 0 Å². The molecule has 0 fully saturated rings. The highest BCUT2D eigenvalue weighted by Gasteiger charge is 2.01. The van der Waals surface area contributed by atoms with Crippen LogP contribution in [-0.4, -0.2) is 14.3 Å². The van der Waals surface area contributed by atoms with Crippen LogP contribution in [0.1, 0.15) is 24.7 Å². The van der Waals surface area contributed by atoms with Crippen LogP contribution in [-0.2, 0) is 26.7 Å². The Hall–Kier alpha value is -1.55. The van der Waals surface area contributed by atoms with Crippen molar-refractivity contribution in [3.63, 3.8) is 0 Å². The van der Waals surface area contributed by atoms with E-state index in [1.54, 1.807) is 0 Å². The number of nitrogens with one attached hydrogen (secondary N) is 1. The van der Waals surface area contributed by atoms with Gasteiger partial charge in [-0.3, -0.25) is 4.68 Å². The van der Waals surface area contributed by atoms with Gasteiger partial charge in [-0.25, -0.2) is 0 Å². The quantitative estimate of drug-likeness (QED) is 0.825. The molecule has 92 valence electrons. The van der Waals surface area contributed by atoms with Crippen molar-refractivity contribution >= 4 is 0 Å². The molecule has 0 radical (unpaired) electrons. The van der Waals surface area contributed by atoms with E-state index < -0.39 is 0 Å². The molecular formula is C13H20N4. The molecule has 0 saturated heterocycles. The highest BCUT2D eigenvalue weighted by atomic mass is 15.3. The average molecular weight is 232 g/mol. The van der Waals surface area contributed by atoms with Gasteiger partial charge in [0.1, 0.15) is 0 Å². The van der Waals surface area contributed by atoms with Crippen molar-refractivity contribution in [1.82, 2.24) is 19.7 Å². The highest BCUT2D eigenvalue weighted by molar-refractivity contribution is 5.07. The van der Waals surface area contributed by atoms with Crippen LogP contribution in [0.25, 0.3) is 0 Å². The van der Waals surface area contributed by atoms with E-state index in [2.05, 4.69) is 40.2 Å². The van der Waals surface area contributed by atoms with E-state index in [-0.39, 0.29) is 0 Å². The first-order chi connectivity index (χ1) is 8.31. The average Bonchev–Trinajstić information content (AvgIpc) is 2.90. The summed E-state index contributed by atoms with van der Waals surface area (Å²) in [6, 6.07) is 6.32. The summed E-state index contributed by atoms with van der Waals surface area (Å²) in [4.78, 5) is 0. The van der Waals surface area contributed by atoms with Crippen molar-refractivity contribution in [2.45, 2.75) is 33.0 Å². The predicted molar refractivity (Wildman–Crippen MR) is 68.5 cm³/mol. The van der Waals surface area contributed by atoms with Gasteiger partial charge in [0.15, 0.2) is 0 Å². The number of aromatic nitrogens is 3. The number of nitrogens with zero attached hydrogens (tertiary/aromatic N) is 3. The molecule has 2 rings (SSSR count). The fourth-order valence-corrected chi connectivity index (χ4v) is 1.96. The number of hydrogen-bond acceptors (Lipinski definition) is 2. The standard InChI is InChI=1S/C13H20N4/c1-3-8-17-9-4-5-13(17)11-14-10-12-6-7-15-16(12)2/h4-7,9,14H,3,8,10-11H2,1-2H3. The molecule has 0 spiro atoms. The molecule has 0 amide bonds. The van der Waals surface area contributed by atoms with Crippen LogP contribution in [0, 0.1) is 0 Å². The molecule has 4 heteroatoms. The van der Waals surface area contributed by atoms with Gasteiger partial charge in [0.2, 0.25) is 0 Å². The summed E-state index contributed by atoms with van der Waals surface area (Å²) in [5.74, 6) is 0. The molecule has 0 saturated carbocycles. The smallest absolute Gasteiger partial charge is 0.0518 e. The van der Waals surface area contributed by atoms with E-state index in [1.165, 1.54) is 17.8 Å². The first-order valence-electron chi connectivity index (χ1n) is 6.13. The zero-order chi connectivity index (χ0) is 12.1. The third kappa shape index (κ3) is 2.97. The van der Waals surface area contributed by atoms with Gasteiger partial charge in [-0.05, 0) is 24.6 Å². The minimum Gasteiger partial charge on any atom is -0.350 e. The Bertz CT molecular complexity index is 455. The van der Waals surface area contributed by atoms with E-state index in [1.807, 2.05) is 24.0 Å². The maximum atomic E-state index is 4.15. The number of rotatable bonds is 6. The molecule has 1 N–H and O–H groups in total. The van der Waals surface area contributed by atoms with E-state index in [0.717, 1.165) is 19.6 Å². The Morgan fingerprint density at radius 3 is 2.76 bits per heavy atom. The third-order valence-corrected chi connectivity index (χ3v) is 2.92. The minimum absolute atomic E-state index is 0.855. The van der Waals surface area contributed by atoms with Gasteiger partial charge >= 0.3 is 0 Å². The molecule has 17 heavy (non-hydrogen) atoms. The van der Waals surface area contributed by atoms with Crippen molar-refractivity contribution in [2.75, 3.05) is 0 Å². The second-order valence-corrected chi connectivity index (χ2v) is 4.24. The van der Waals surface area contributed by atoms with Gasteiger partial charge in [-0.15, -0.1) is 0 Å². The van der Waals surface area contributed by atoms with Crippen LogP contribution in [0.3, 0.4) is 0 Å². The first-order valence-corrected chi connectivity index (χ1v) is 6.13. The monoisotopic (exact) mass is 232 g/mol. The van der Waals surface area contributed by atoms with Crippen LogP contribution in [0.15, 0.2) is 30.6 Å². The SMILES string of the molecule is CCCn1cccc1CNCc1ccnn1C. The van der Waals surface area contributed by atoms with Crippen molar-refractivity contribution < 1.29 is 0 Å². The lowest BCUT2D eigenvalue weighted by molar-refractivity contribution is 0.582. The molecule has 0 aliphatic rings. The normalized spacial score (nSPS) is 10.9. The van der Waals surface area contributed by atoms with Crippen molar-refractivity contribution in [1.29, 1.82) is 0 Å². The number of hydrogen-bond donors (Lipinski definition) is 1. The van der Waals surface area contributed by atoms with Crippen LogP contribution in [0.5, 0.6) is 0 Å². The molecular weight excluding hydrogens is 212 g/mol. The molecule has 2 aromatic heterocycles. The van der Waals surface area contributed by atoms with Gasteiger partial charge < -0.3 is 9.88 Å². The summed E-state index contributed by atoms with van der Waals surface area (Å²) in [6.45, 7) is 5.05. The van der Waals surface area contributed by atoms with Gasteiger partial charge in [-0.1, -0.05) is 6.92 Å². The van der Waals surface area contributed by atoms with Crippen LogP contribution >= 0.6 is 0 Å². The molecule has 0 aliphatic heterocycles. The predicted octanol–water partition coefficient (Wildman–Crippen LogP) is 1.92. The fraction of sp³-hybridized carbons (Fsp3) is 0.462. The summed E-state index contributed by atoms with van der Waals surface area (Å²) in [6.07, 6.45) is 5.14. The lowest BCUT2D eigenvalue weighted by Gasteiger charge is -2.09. The van der Waals surface area contributed by atoms with E-state index in [4.69, 9.17) is 0 Å². The minimum atomic E-state index is 0.855. The zero-order valence-corrected chi connectivity index (χ0v) is 10.6. The molecule has 0 unspecified atom stereocenters. The summed E-state index contributed by atoms with van der Waals surface area (Å²) >= 11 is 0. The topological polar surface area (TPSA) is 34.8 Å². The molecule has 4 nitrogen and oxygen atoms in total. The van der Waals surface area contributed by atoms with Gasteiger partial charge in [-0.2, -0.15) is 5.10 Å². The second-order valence-electron chi connectivity index (χ2n) is 4.24. The Kier molecular flexibility index (Phi) is 3.98. The third-order valence-electron chi connectivity index (χ3n) is 2.92. The second kappa shape index (κ2) is 5.68. The van der Waals surface area contributed by atoms with Gasteiger partial charge in [0.05, 0.1) is 5.69 Å². The molecule has 0 bridgehead atoms. The molecule has 0 aliphatic carbocycles. The maximum absolute atomic E-state index is 4.15. The van der Waals surface area contributed by atoms with Crippen molar-refractivity contribution in [2.24, 2.45) is 7.05 Å².